The third-order valence-electron chi connectivity index (χ3n) is 3.61. The Bertz CT molecular complexity index is 620. The molecule has 3 nitrogen and oxygen atoms in total. The lowest BCUT2D eigenvalue weighted by atomic mass is 10.0. The first kappa shape index (κ1) is 15.8. The summed E-state index contributed by atoms with van der Waals surface area (Å²) in [4.78, 5) is 0. The first-order valence-corrected chi connectivity index (χ1v) is 8.27. The summed E-state index contributed by atoms with van der Waals surface area (Å²) in [5, 5.41) is 9.57. The Morgan fingerprint density at radius 1 is 1.19 bits per heavy atom. The molecule has 0 aliphatic rings. The van der Waals surface area contributed by atoms with Crippen molar-refractivity contribution in [2.45, 2.75) is 51.6 Å². The summed E-state index contributed by atoms with van der Waals surface area (Å²) >= 11 is 1.75. The second-order valence-corrected chi connectivity index (χ2v) is 6.26. The lowest BCUT2D eigenvalue weighted by Gasteiger charge is -2.11. The minimum absolute atomic E-state index is 0.768. The topological polar surface area (TPSA) is 30.7 Å². The fourth-order valence-corrected chi connectivity index (χ4v) is 3.74. The normalized spacial score (nSPS) is 10.9. The van der Waals surface area contributed by atoms with Gasteiger partial charge in [0.1, 0.15) is 5.82 Å². The van der Waals surface area contributed by atoms with Gasteiger partial charge < -0.3 is 4.57 Å². The first-order valence-electron chi connectivity index (χ1n) is 7.29. The van der Waals surface area contributed by atoms with Crippen LogP contribution in [0.2, 0.25) is 0 Å². The predicted molar refractivity (Wildman–Crippen MR) is 89.8 cm³/mol. The number of hydrogen-bond acceptors (Lipinski definition) is 3. The molecule has 0 spiro atoms. The molecule has 2 rings (SSSR count). The van der Waals surface area contributed by atoms with Crippen LogP contribution in [-0.2, 0) is 18.7 Å². The van der Waals surface area contributed by atoms with Crippen molar-refractivity contribution < 1.29 is 0 Å². The lowest BCUT2D eigenvalue weighted by molar-refractivity contribution is 0.685. The number of aryl methyl sites for hydroxylation is 4. The van der Waals surface area contributed by atoms with Gasteiger partial charge in [0, 0.05) is 18.7 Å². The fourth-order valence-electron chi connectivity index (χ4n) is 2.57. The van der Waals surface area contributed by atoms with Gasteiger partial charge in [-0.15, -0.1) is 16.8 Å². The molecule has 0 aliphatic heterocycles. The third-order valence-corrected chi connectivity index (χ3v) is 4.60. The first-order chi connectivity index (χ1) is 10.1. The molecule has 0 radical (unpaired) electrons. The van der Waals surface area contributed by atoms with Crippen LogP contribution in [0.5, 0.6) is 0 Å². The number of thioether (sulfide) groups is 1. The SMILES string of the molecule is C=CCn1c(CC)nnc1SCc1c(C)cc(C)cc1C. The average Bonchev–Trinajstić information content (AvgIpc) is 2.80. The van der Waals surface area contributed by atoms with Crippen LogP contribution in [-0.4, -0.2) is 14.8 Å². The molecule has 2 aromatic rings. The molecular formula is C17H23N3S. The van der Waals surface area contributed by atoms with Crippen LogP contribution in [0, 0.1) is 20.8 Å². The van der Waals surface area contributed by atoms with Crippen molar-refractivity contribution in [2.75, 3.05) is 0 Å². The molecule has 0 fully saturated rings. The highest BCUT2D eigenvalue weighted by Crippen LogP contribution is 2.26. The van der Waals surface area contributed by atoms with Gasteiger partial charge in [0.25, 0.3) is 0 Å². The lowest BCUT2D eigenvalue weighted by Crippen LogP contribution is -2.03. The molecular weight excluding hydrogens is 278 g/mol. The Kier molecular flexibility index (Phi) is 5.23. The van der Waals surface area contributed by atoms with Gasteiger partial charge in [-0.2, -0.15) is 0 Å². The van der Waals surface area contributed by atoms with Gasteiger partial charge in [-0.1, -0.05) is 42.5 Å². The summed E-state index contributed by atoms with van der Waals surface area (Å²) in [6.07, 6.45) is 2.79. The number of benzene rings is 1. The molecule has 0 amide bonds. The molecule has 1 heterocycles. The number of nitrogens with zero attached hydrogens (tertiary/aromatic N) is 3. The van der Waals surface area contributed by atoms with Gasteiger partial charge in [0.15, 0.2) is 5.16 Å². The molecule has 0 unspecified atom stereocenters. The summed E-state index contributed by atoms with van der Waals surface area (Å²) < 4.78 is 2.15. The molecule has 0 saturated heterocycles. The standard InChI is InChI=1S/C17H23N3S/c1-6-8-20-16(7-2)18-19-17(20)21-11-15-13(4)9-12(3)10-14(15)5/h6,9-10H,1,7-8,11H2,2-5H3. The van der Waals surface area contributed by atoms with Crippen LogP contribution in [0.3, 0.4) is 0 Å². The van der Waals surface area contributed by atoms with Crippen LogP contribution < -0.4 is 0 Å². The maximum Gasteiger partial charge on any atom is 0.191 e. The molecule has 0 atom stereocenters. The zero-order valence-electron chi connectivity index (χ0n) is 13.3. The van der Waals surface area contributed by atoms with Crippen molar-refractivity contribution in [3.05, 3.63) is 52.9 Å². The van der Waals surface area contributed by atoms with E-state index in [-0.39, 0.29) is 0 Å². The van der Waals surface area contributed by atoms with E-state index in [0.29, 0.717) is 0 Å². The van der Waals surface area contributed by atoms with Crippen molar-refractivity contribution in [3.63, 3.8) is 0 Å². The van der Waals surface area contributed by atoms with Crippen LogP contribution >= 0.6 is 11.8 Å². The Morgan fingerprint density at radius 3 is 2.43 bits per heavy atom. The zero-order valence-corrected chi connectivity index (χ0v) is 14.1. The number of rotatable bonds is 6. The van der Waals surface area contributed by atoms with Crippen LogP contribution in [0.4, 0.5) is 0 Å². The van der Waals surface area contributed by atoms with E-state index in [9.17, 15) is 0 Å². The Morgan fingerprint density at radius 2 is 1.86 bits per heavy atom. The minimum atomic E-state index is 0.768. The minimum Gasteiger partial charge on any atom is -0.302 e. The largest absolute Gasteiger partial charge is 0.302 e. The van der Waals surface area contributed by atoms with Crippen molar-refractivity contribution in [1.29, 1.82) is 0 Å². The van der Waals surface area contributed by atoms with Crippen molar-refractivity contribution in [2.24, 2.45) is 0 Å². The quantitative estimate of drug-likeness (QED) is 0.590. The van der Waals surface area contributed by atoms with Crippen molar-refractivity contribution >= 4 is 11.8 Å². The molecule has 0 N–H and O–H groups in total. The highest BCUT2D eigenvalue weighted by Gasteiger charge is 2.12. The fraction of sp³-hybridized carbons (Fsp3) is 0.412. The number of allylic oxidation sites excluding steroid dienone is 1. The van der Waals surface area contributed by atoms with E-state index in [1.807, 2.05) is 6.08 Å². The Balaban J connectivity index is 2.21. The maximum atomic E-state index is 4.33. The van der Waals surface area contributed by atoms with Crippen LogP contribution in [0.15, 0.2) is 29.9 Å². The van der Waals surface area contributed by atoms with Gasteiger partial charge in [-0.25, -0.2) is 0 Å². The summed E-state index contributed by atoms with van der Waals surface area (Å²) in [5.74, 6) is 1.95. The van der Waals surface area contributed by atoms with Crippen LogP contribution in [0.1, 0.15) is 35.0 Å². The summed E-state index contributed by atoms with van der Waals surface area (Å²) in [6.45, 7) is 13.2. The molecule has 0 bridgehead atoms. The van der Waals surface area contributed by atoms with E-state index in [0.717, 1.165) is 29.7 Å². The highest BCUT2D eigenvalue weighted by molar-refractivity contribution is 7.98. The number of aromatic nitrogens is 3. The monoisotopic (exact) mass is 301 g/mol. The van der Waals surface area contributed by atoms with Gasteiger partial charge in [0.2, 0.25) is 0 Å². The molecule has 1 aromatic heterocycles. The molecule has 112 valence electrons. The van der Waals surface area contributed by atoms with Gasteiger partial charge in [-0.05, 0) is 37.5 Å². The number of hydrogen-bond donors (Lipinski definition) is 0. The second kappa shape index (κ2) is 6.94. The summed E-state index contributed by atoms with van der Waals surface area (Å²) in [6, 6.07) is 4.49. The van der Waals surface area contributed by atoms with E-state index < -0.39 is 0 Å². The van der Waals surface area contributed by atoms with E-state index in [1.165, 1.54) is 22.3 Å². The summed E-state index contributed by atoms with van der Waals surface area (Å²) in [7, 11) is 0. The van der Waals surface area contributed by atoms with E-state index >= 15 is 0 Å². The second-order valence-electron chi connectivity index (χ2n) is 5.32. The molecule has 4 heteroatoms. The third kappa shape index (κ3) is 3.56. The van der Waals surface area contributed by atoms with E-state index in [1.54, 1.807) is 11.8 Å². The molecule has 1 aromatic carbocycles. The Hall–Kier alpha value is -1.55. The van der Waals surface area contributed by atoms with E-state index in [2.05, 4.69) is 61.2 Å². The zero-order chi connectivity index (χ0) is 15.4. The molecule has 0 saturated carbocycles. The smallest absolute Gasteiger partial charge is 0.191 e. The van der Waals surface area contributed by atoms with Gasteiger partial charge >= 0.3 is 0 Å². The Labute approximate surface area is 131 Å². The van der Waals surface area contributed by atoms with Gasteiger partial charge in [-0.3, -0.25) is 0 Å². The van der Waals surface area contributed by atoms with Crippen molar-refractivity contribution in [1.82, 2.24) is 14.8 Å². The maximum absolute atomic E-state index is 4.33. The highest BCUT2D eigenvalue weighted by atomic mass is 32.2. The van der Waals surface area contributed by atoms with E-state index in [4.69, 9.17) is 0 Å². The van der Waals surface area contributed by atoms with Gasteiger partial charge in [0.05, 0.1) is 0 Å². The predicted octanol–water partition coefficient (Wildman–Crippen LogP) is 4.24. The van der Waals surface area contributed by atoms with Crippen LogP contribution in [0.25, 0.3) is 0 Å². The molecule has 21 heavy (non-hydrogen) atoms. The summed E-state index contributed by atoms with van der Waals surface area (Å²) in [5.41, 5.74) is 5.43. The van der Waals surface area contributed by atoms with Crippen molar-refractivity contribution in [3.8, 4) is 0 Å². The average molecular weight is 301 g/mol. The molecule has 0 aliphatic carbocycles.